The van der Waals surface area contributed by atoms with Crippen LogP contribution in [-0.2, 0) is 10.0 Å². The fourth-order valence-corrected chi connectivity index (χ4v) is 4.35. The van der Waals surface area contributed by atoms with Crippen LogP contribution in [0.25, 0.3) is 11.1 Å². The van der Waals surface area contributed by atoms with Gasteiger partial charge in [-0.2, -0.15) is 0 Å². The molecule has 2 N–H and O–H groups in total. The zero-order valence-electron chi connectivity index (χ0n) is 17.8. The van der Waals surface area contributed by atoms with Crippen molar-refractivity contribution in [1.82, 2.24) is 4.90 Å². The first-order valence-corrected chi connectivity index (χ1v) is 11.0. The predicted octanol–water partition coefficient (Wildman–Crippen LogP) is 3.91. The van der Waals surface area contributed by atoms with E-state index in [1.54, 1.807) is 75.7 Å². The molecule has 0 heterocycles. The van der Waals surface area contributed by atoms with Crippen LogP contribution in [0.5, 0.6) is 5.75 Å². The van der Waals surface area contributed by atoms with Crippen molar-refractivity contribution < 1.29 is 17.9 Å². The highest BCUT2D eigenvalue weighted by Gasteiger charge is 2.21. The molecule has 0 saturated heterocycles. The van der Waals surface area contributed by atoms with Gasteiger partial charge in [-0.25, -0.2) is 8.42 Å². The van der Waals surface area contributed by atoms with Crippen molar-refractivity contribution in [2.24, 2.45) is 0 Å². The lowest BCUT2D eigenvalue weighted by atomic mass is 10.0. The number of carbonyl (C=O) groups excluding carboxylic acids is 1. The summed E-state index contributed by atoms with van der Waals surface area (Å²) in [4.78, 5) is 13.8. The highest BCUT2D eigenvalue weighted by atomic mass is 32.2. The molecule has 0 fully saturated rings. The van der Waals surface area contributed by atoms with Gasteiger partial charge in [0.1, 0.15) is 10.6 Å². The molecule has 0 bridgehead atoms. The molecule has 0 atom stereocenters. The van der Waals surface area contributed by atoms with Crippen LogP contribution >= 0.6 is 0 Å². The van der Waals surface area contributed by atoms with Crippen molar-refractivity contribution in [3.8, 4) is 16.9 Å². The van der Waals surface area contributed by atoms with Crippen molar-refractivity contribution in [2.45, 2.75) is 4.90 Å². The van der Waals surface area contributed by atoms with Gasteiger partial charge in [0.15, 0.2) is 0 Å². The summed E-state index contributed by atoms with van der Waals surface area (Å²) < 4.78 is 34.2. The number of nitrogens with zero attached hydrogens (tertiary/aromatic N) is 1. The van der Waals surface area contributed by atoms with E-state index in [-0.39, 0.29) is 16.6 Å². The third kappa shape index (κ3) is 4.97. The Morgan fingerprint density at radius 1 is 0.903 bits per heavy atom. The summed E-state index contributed by atoms with van der Waals surface area (Å²) in [6, 6.07) is 18.9. The van der Waals surface area contributed by atoms with Crippen LogP contribution in [0.2, 0.25) is 0 Å². The van der Waals surface area contributed by atoms with E-state index in [2.05, 4.69) is 10.0 Å². The van der Waals surface area contributed by atoms with Gasteiger partial charge in [0.25, 0.3) is 15.9 Å². The van der Waals surface area contributed by atoms with Crippen LogP contribution in [0.4, 0.5) is 11.4 Å². The van der Waals surface area contributed by atoms with Crippen molar-refractivity contribution in [3.05, 3.63) is 72.3 Å². The lowest BCUT2D eigenvalue weighted by Gasteiger charge is -2.15. The molecule has 8 heteroatoms. The van der Waals surface area contributed by atoms with E-state index >= 15 is 0 Å². The average molecular weight is 440 g/mol. The molecule has 0 aromatic heterocycles. The number of hydrogen-bond donors (Lipinski definition) is 2. The fourth-order valence-electron chi connectivity index (χ4n) is 3.10. The number of methoxy groups -OCH3 is 1. The maximum atomic E-state index is 13.2. The second-order valence-corrected chi connectivity index (χ2v) is 8.73. The van der Waals surface area contributed by atoms with Gasteiger partial charge in [0.05, 0.1) is 12.8 Å². The monoisotopic (exact) mass is 439 g/mol. The second kappa shape index (κ2) is 9.09. The van der Waals surface area contributed by atoms with Crippen LogP contribution in [0.1, 0.15) is 10.4 Å². The first kappa shape index (κ1) is 22.2. The van der Waals surface area contributed by atoms with Gasteiger partial charge in [-0.3, -0.25) is 9.52 Å². The molecule has 3 rings (SSSR count). The zero-order chi connectivity index (χ0) is 22.6. The van der Waals surface area contributed by atoms with Crippen LogP contribution in [0.15, 0.2) is 71.6 Å². The van der Waals surface area contributed by atoms with Crippen LogP contribution < -0.4 is 14.8 Å². The molecule has 0 aliphatic heterocycles. The quantitative estimate of drug-likeness (QED) is 0.583. The van der Waals surface area contributed by atoms with Gasteiger partial charge in [-0.1, -0.05) is 24.3 Å². The fraction of sp³-hybridized carbons (Fsp3) is 0.174. The van der Waals surface area contributed by atoms with Crippen molar-refractivity contribution in [2.75, 3.05) is 38.3 Å². The molecule has 0 radical (unpaired) electrons. The van der Waals surface area contributed by atoms with Gasteiger partial charge in [0.2, 0.25) is 0 Å². The SMILES string of the molecule is CNc1cccc(NS(=O)(=O)c2cc(-c3cccc(C(=O)N(C)C)c3)ccc2OC)c1. The number of benzene rings is 3. The number of carbonyl (C=O) groups is 1. The summed E-state index contributed by atoms with van der Waals surface area (Å²) in [7, 11) is 2.62. The Morgan fingerprint density at radius 2 is 1.58 bits per heavy atom. The number of nitrogens with one attached hydrogen (secondary N) is 2. The van der Waals surface area contributed by atoms with E-state index in [9.17, 15) is 13.2 Å². The average Bonchev–Trinajstić information content (AvgIpc) is 2.78. The Morgan fingerprint density at radius 3 is 2.26 bits per heavy atom. The molecule has 162 valence electrons. The number of rotatable bonds is 7. The largest absolute Gasteiger partial charge is 0.495 e. The van der Waals surface area contributed by atoms with Crippen molar-refractivity contribution in [3.63, 3.8) is 0 Å². The lowest BCUT2D eigenvalue weighted by Crippen LogP contribution is -2.21. The second-order valence-electron chi connectivity index (χ2n) is 7.08. The van der Waals surface area contributed by atoms with E-state index < -0.39 is 10.0 Å². The molecule has 0 aliphatic carbocycles. The molecule has 3 aromatic carbocycles. The first-order chi connectivity index (χ1) is 14.7. The molecule has 1 amide bonds. The first-order valence-electron chi connectivity index (χ1n) is 9.56. The Labute approximate surface area is 182 Å². The van der Waals surface area contributed by atoms with E-state index in [4.69, 9.17) is 4.74 Å². The van der Waals surface area contributed by atoms with E-state index in [0.29, 0.717) is 16.8 Å². The minimum absolute atomic E-state index is 0.00620. The Hall–Kier alpha value is -3.52. The maximum Gasteiger partial charge on any atom is 0.265 e. The Bertz CT molecular complexity index is 1210. The maximum absolute atomic E-state index is 13.2. The highest BCUT2D eigenvalue weighted by molar-refractivity contribution is 7.92. The molecule has 0 spiro atoms. The normalized spacial score (nSPS) is 11.0. The molecular formula is C23H25N3O4S. The summed E-state index contributed by atoms with van der Waals surface area (Å²) >= 11 is 0. The van der Waals surface area contributed by atoms with Crippen LogP contribution in [0.3, 0.4) is 0 Å². The molecule has 31 heavy (non-hydrogen) atoms. The molecule has 0 aliphatic rings. The summed E-state index contributed by atoms with van der Waals surface area (Å²) in [6.07, 6.45) is 0. The molecule has 3 aromatic rings. The smallest absolute Gasteiger partial charge is 0.265 e. The van der Waals surface area contributed by atoms with Gasteiger partial charge in [-0.15, -0.1) is 0 Å². The minimum atomic E-state index is -3.93. The van der Waals surface area contributed by atoms with Gasteiger partial charge in [-0.05, 0) is 53.6 Å². The van der Waals surface area contributed by atoms with Crippen LogP contribution in [-0.4, -0.2) is 47.5 Å². The van der Waals surface area contributed by atoms with Gasteiger partial charge < -0.3 is 15.0 Å². The predicted molar refractivity (Wildman–Crippen MR) is 123 cm³/mol. The number of sulfonamides is 1. The third-order valence-corrected chi connectivity index (χ3v) is 6.11. The van der Waals surface area contributed by atoms with Crippen molar-refractivity contribution in [1.29, 1.82) is 0 Å². The third-order valence-electron chi connectivity index (χ3n) is 4.71. The number of ether oxygens (including phenoxy) is 1. The Kier molecular flexibility index (Phi) is 6.50. The standard InChI is InChI=1S/C23H25N3O4S/c1-24-19-9-6-10-20(15-19)25-31(28,29)22-14-17(11-12-21(22)30-4)16-7-5-8-18(13-16)23(27)26(2)3/h5-15,24-25H,1-4H3. The molecular weight excluding hydrogens is 414 g/mol. The summed E-state index contributed by atoms with van der Waals surface area (Å²) in [5.74, 6) is 0.0934. The number of amides is 1. The summed E-state index contributed by atoms with van der Waals surface area (Å²) in [6.45, 7) is 0. The molecule has 0 saturated carbocycles. The van der Waals surface area contributed by atoms with E-state index in [0.717, 1.165) is 11.3 Å². The number of anilines is 2. The minimum Gasteiger partial charge on any atom is -0.495 e. The topological polar surface area (TPSA) is 87.7 Å². The zero-order valence-corrected chi connectivity index (χ0v) is 18.7. The Balaban J connectivity index is 2.03. The van der Waals surface area contributed by atoms with E-state index in [1.165, 1.54) is 12.0 Å². The van der Waals surface area contributed by atoms with Gasteiger partial charge >= 0.3 is 0 Å². The lowest BCUT2D eigenvalue weighted by molar-refractivity contribution is 0.0827. The van der Waals surface area contributed by atoms with Crippen molar-refractivity contribution >= 4 is 27.3 Å². The van der Waals surface area contributed by atoms with Crippen LogP contribution in [0, 0.1) is 0 Å². The highest BCUT2D eigenvalue weighted by Crippen LogP contribution is 2.32. The number of hydrogen-bond acceptors (Lipinski definition) is 5. The van der Waals surface area contributed by atoms with E-state index in [1.807, 2.05) is 12.1 Å². The van der Waals surface area contributed by atoms with Gasteiger partial charge in [0, 0.05) is 32.4 Å². The molecule has 0 unspecified atom stereocenters. The molecule has 7 nitrogen and oxygen atoms in total. The summed E-state index contributed by atoms with van der Waals surface area (Å²) in [5, 5.41) is 2.98. The summed E-state index contributed by atoms with van der Waals surface area (Å²) in [5.41, 5.74) is 3.11.